The summed E-state index contributed by atoms with van der Waals surface area (Å²) in [5, 5.41) is 1.10. The number of anilines is 1. The molecule has 0 saturated heterocycles. The highest BCUT2D eigenvalue weighted by Crippen LogP contribution is 2.50. The lowest BCUT2D eigenvalue weighted by atomic mass is 10.0. The van der Waals surface area contributed by atoms with E-state index in [0.717, 1.165) is 23.1 Å². The van der Waals surface area contributed by atoms with Gasteiger partial charge in [0, 0.05) is 24.0 Å². The third-order valence-electron chi connectivity index (χ3n) is 4.45. The van der Waals surface area contributed by atoms with Gasteiger partial charge in [-0.1, -0.05) is 54.2 Å². The highest BCUT2D eigenvalue weighted by atomic mass is 32.2. The average molecular weight is 333 g/mol. The van der Waals surface area contributed by atoms with Crippen molar-refractivity contribution in [1.82, 2.24) is 9.97 Å². The Bertz CT molecular complexity index is 866. The quantitative estimate of drug-likeness (QED) is 0.675. The molecule has 0 amide bonds. The van der Waals surface area contributed by atoms with Crippen molar-refractivity contribution >= 4 is 17.6 Å². The van der Waals surface area contributed by atoms with Crippen LogP contribution in [0.2, 0.25) is 0 Å². The highest BCUT2D eigenvalue weighted by molar-refractivity contribution is 8.00. The summed E-state index contributed by atoms with van der Waals surface area (Å²) in [7, 11) is 0. The van der Waals surface area contributed by atoms with E-state index in [9.17, 15) is 0 Å². The summed E-state index contributed by atoms with van der Waals surface area (Å²) in [6, 6.07) is 21.0. The molecular weight excluding hydrogens is 314 g/mol. The van der Waals surface area contributed by atoms with Gasteiger partial charge in [-0.25, -0.2) is 9.97 Å². The second-order valence-electron chi connectivity index (χ2n) is 6.14. The maximum atomic E-state index is 4.78. The third kappa shape index (κ3) is 2.57. The zero-order valence-electron chi connectivity index (χ0n) is 13.8. The van der Waals surface area contributed by atoms with E-state index in [2.05, 4.69) is 65.3 Å². The first kappa shape index (κ1) is 15.2. The predicted molar refractivity (Wildman–Crippen MR) is 99.0 cm³/mol. The Labute approximate surface area is 146 Å². The Hall–Kier alpha value is -2.33. The van der Waals surface area contributed by atoms with Gasteiger partial charge in [0.05, 0.1) is 0 Å². The summed E-state index contributed by atoms with van der Waals surface area (Å²) in [6.45, 7) is 5.10. The van der Waals surface area contributed by atoms with Crippen LogP contribution < -0.4 is 4.90 Å². The van der Waals surface area contributed by atoms with Crippen LogP contribution in [0.25, 0.3) is 0 Å². The number of pyridine rings is 2. The molecule has 0 aliphatic carbocycles. The van der Waals surface area contributed by atoms with Crippen LogP contribution in [0.1, 0.15) is 23.7 Å². The number of fused-ring (bicyclic) bond motifs is 1. The van der Waals surface area contributed by atoms with Crippen molar-refractivity contribution < 1.29 is 0 Å². The van der Waals surface area contributed by atoms with Gasteiger partial charge in [-0.3, -0.25) is 0 Å². The number of benzene rings is 1. The van der Waals surface area contributed by atoms with Gasteiger partial charge in [-0.05, 0) is 37.6 Å². The molecular formula is C20H19N3S. The number of hydrogen-bond donors (Lipinski definition) is 0. The number of nitrogens with zero attached hydrogens (tertiary/aromatic N) is 3. The van der Waals surface area contributed by atoms with Gasteiger partial charge in [0.2, 0.25) is 0 Å². The van der Waals surface area contributed by atoms with E-state index in [0.29, 0.717) is 0 Å². The Kier molecular flexibility index (Phi) is 3.77. The van der Waals surface area contributed by atoms with Crippen molar-refractivity contribution in [3.63, 3.8) is 0 Å². The summed E-state index contributed by atoms with van der Waals surface area (Å²) in [5.41, 5.74) is 3.54. The number of thioether (sulfide) groups is 1. The summed E-state index contributed by atoms with van der Waals surface area (Å²) >= 11 is 1.80. The zero-order valence-corrected chi connectivity index (χ0v) is 14.6. The van der Waals surface area contributed by atoms with Crippen LogP contribution in [-0.4, -0.2) is 9.97 Å². The Morgan fingerprint density at radius 2 is 1.83 bits per heavy atom. The molecule has 1 atom stereocenters. The van der Waals surface area contributed by atoms with Gasteiger partial charge in [0.15, 0.2) is 0 Å². The average Bonchev–Trinajstić information content (AvgIpc) is 2.62. The van der Waals surface area contributed by atoms with E-state index < -0.39 is 0 Å². The van der Waals surface area contributed by atoms with Crippen molar-refractivity contribution in [3.05, 3.63) is 83.7 Å². The number of aromatic nitrogens is 2. The lowest BCUT2D eigenvalue weighted by Gasteiger charge is -2.45. The van der Waals surface area contributed by atoms with Gasteiger partial charge in [-0.15, -0.1) is 0 Å². The minimum absolute atomic E-state index is 0.247. The van der Waals surface area contributed by atoms with E-state index in [1.807, 2.05) is 25.3 Å². The fourth-order valence-electron chi connectivity index (χ4n) is 3.14. The fourth-order valence-corrected chi connectivity index (χ4v) is 4.42. The minimum Gasteiger partial charge on any atom is -0.333 e. The van der Waals surface area contributed by atoms with Gasteiger partial charge in [-0.2, -0.15) is 0 Å². The molecule has 120 valence electrons. The molecule has 0 fully saturated rings. The molecule has 3 aromatic rings. The van der Waals surface area contributed by atoms with Crippen LogP contribution in [0, 0.1) is 6.92 Å². The van der Waals surface area contributed by atoms with Crippen molar-refractivity contribution in [2.24, 2.45) is 0 Å². The number of hydrogen-bond acceptors (Lipinski definition) is 4. The van der Waals surface area contributed by atoms with E-state index in [1.54, 1.807) is 11.8 Å². The van der Waals surface area contributed by atoms with Crippen LogP contribution in [0.3, 0.4) is 0 Å². The minimum atomic E-state index is -0.247. The molecule has 3 nitrogen and oxygen atoms in total. The van der Waals surface area contributed by atoms with E-state index >= 15 is 0 Å². The van der Waals surface area contributed by atoms with Crippen LogP contribution in [0.15, 0.2) is 71.9 Å². The smallest absolute Gasteiger partial charge is 0.130 e. The van der Waals surface area contributed by atoms with Gasteiger partial charge in [0.1, 0.15) is 15.7 Å². The van der Waals surface area contributed by atoms with E-state index in [-0.39, 0.29) is 4.87 Å². The van der Waals surface area contributed by atoms with Gasteiger partial charge >= 0.3 is 0 Å². The van der Waals surface area contributed by atoms with Crippen LogP contribution in [-0.2, 0) is 11.4 Å². The molecule has 4 rings (SSSR count). The van der Waals surface area contributed by atoms with Gasteiger partial charge < -0.3 is 4.90 Å². The Balaban J connectivity index is 1.88. The molecule has 24 heavy (non-hydrogen) atoms. The summed E-state index contributed by atoms with van der Waals surface area (Å²) in [6.07, 6.45) is 1.87. The molecule has 0 N–H and O–H groups in total. The molecule has 1 aliphatic heterocycles. The molecule has 2 aromatic heterocycles. The Morgan fingerprint density at radius 3 is 2.62 bits per heavy atom. The number of rotatable bonds is 2. The molecule has 1 aliphatic rings. The molecule has 0 bridgehead atoms. The maximum Gasteiger partial charge on any atom is 0.130 e. The van der Waals surface area contributed by atoms with Crippen molar-refractivity contribution in [2.75, 3.05) is 4.90 Å². The largest absolute Gasteiger partial charge is 0.333 e. The monoisotopic (exact) mass is 333 g/mol. The highest BCUT2D eigenvalue weighted by Gasteiger charge is 2.40. The first-order chi connectivity index (χ1) is 11.7. The van der Waals surface area contributed by atoms with Crippen LogP contribution in [0.5, 0.6) is 0 Å². The molecule has 1 unspecified atom stereocenters. The van der Waals surface area contributed by atoms with Crippen molar-refractivity contribution in [3.8, 4) is 0 Å². The SMILES string of the molecule is Cc1cccc(N2Cc3cccnc3SC2(C)c2ccccc2)n1. The molecule has 4 heteroatoms. The summed E-state index contributed by atoms with van der Waals surface area (Å²) in [5.74, 6) is 1.00. The maximum absolute atomic E-state index is 4.78. The lowest BCUT2D eigenvalue weighted by molar-refractivity contribution is 0.583. The van der Waals surface area contributed by atoms with Gasteiger partial charge in [0.25, 0.3) is 0 Å². The van der Waals surface area contributed by atoms with E-state index in [1.165, 1.54) is 11.1 Å². The van der Waals surface area contributed by atoms with Crippen LogP contribution in [0.4, 0.5) is 5.82 Å². The van der Waals surface area contributed by atoms with E-state index in [4.69, 9.17) is 4.98 Å². The second-order valence-corrected chi connectivity index (χ2v) is 7.53. The fraction of sp³-hybridized carbons (Fsp3) is 0.200. The topological polar surface area (TPSA) is 29.0 Å². The molecule has 0 saturated carbocycles. The number of aryl methyl sites for hydroxylation is 1. The van der Waals surface area contributed by atoms with Crippen molar-refractivity contribution in [1.29, 1.82) is 0 Å². The molecule has 1 aromatic carbocycles. The molecule has 3 heterocycles. The molecule has 0 radical (unpaired) electrons. The second kappa shape index (κ2) is 5.95. The third-order valence-corrected chi connectivity index (χ3v) is 5.86. The zero-order chi connectivity index (χ0) is 16.6. The summed E-state index contributed by atoms with van der Waals surface area (Å²) < 4.78 is 0. The van der Waals surface area contributed by atoms with Crippen LogP contribution >= 0.6 is 11.8 Å². The van der Waals surface area contributed by atoms with Crippen molar-refractivity contribution in [2.45, 2.75) is 30.3 Å². The first-order valence-electron chi connectivity index (χ1n) is 8.06. The normalized spacial score (nSPS) is 19.8. The predicted octanol–water partition coefficient (Wildman–Crippen LogP) is 4.77. The standard InChI is InChI=1S/C20H19N3S/c1-15-8-6-12-18(22-15)23-14-16-9-7-13-21-19(16)24-20(23,2)17-10-4-3-5-11-17/h3-13H,14H2,1-2H3. The molecule has 0 spiro atoms. The lowest BCUT2D eigenvalue weighted by Crippen LogP contribution is -2.44. The summed E-state index contributed by atoms with van der Waals surface area (Å²) in [4.78, 5) is 11.5. The first-order valence-corrected chi connectivity index (χ1v) is 8.88. The Morgan fingerprint density at radius 1 is 1.00 bits per heavy atom.